The van der Waals surface area contributed by atoms with Crippen LogP contribution in [-0.2, 0) is 31.0 Å². The molecule has 57 heavy (non-hydrogen) atoms. The summed E-state index contributed by atoms with van der Waals surface area (Å²) in [6.45, 7) is 8.06. The van der Waals surface area contributed by atoms with Gasteiger partial charge in [-0.2, -0.15) is 23.4 Å². The monoisotopic (exact) mass is 790 g/mol. The van der Waals surface area contributed by atoms with E-state index >= 15 is 0 Å². The number of primary amides is 2. The molecule has 0 bridgehead atoms. The molecule has 0 spiro atoms. The fourth-order valence-electron chi connectivity index (χ4n) is 6.34. The number of halogens is 3. The summed E-state index contributed by atoms with van der Waals surface area (Å²) in [5, 5.41) is 14.1. The number of amides is 4. The topological polar surface area (TPSA) is 242 Å². The van der Waals surface area contributed by atoms with Crippen LogP contribution >= 0.6 is 0 Å². The number of nitrogens with one attached hydrogen (secondary N) is 2. The number of esters is 1. The lowest BCUT2D eigenvalue weighted by atomic mass is 10.1. The lowest BCUT2D eigenvalue weighted by Gasteiger charge is -2.14. The normalized spacial score (nSPS) is 11.6. The number of carbonyl (C=O) groups excluding carboxylic acids is 5. The van der Waals surface area contributed by atoms with Gasteiger partial charge in [0.15, 0.2) is 5.75 Å². The van der Waals surface area contributed by atoms with Gasteiger partial charge in [-0.1, -0.05) is 0 Å². The second-order valence-electron chi connectivity index (χ2n) is 12.9. The average Bonchev–Trinajstić information content (AvgIpc) is 3.91. The summed E-state index contributed by atoms with van der Waals surface area (Å²) in [4.78, 5) is 72.1. The van der Waals surface area contributed by atoms with Crippen molar-refractivity contribution in [3.63, 3.8) is 0 Å². The first-order valence-electron chi connectivity index (χ1n) is 17.6. The summed E-state index contributed by atoms with van der Waals surface area (Å²) in [7, 11) is 0. The van der Waals surface area contributed by atoms with E-state index in [-0.39, 0.29) is 59.3 Å². The van der Waals surface area contributed by atoms with Crippen molar-refractivity contribution >= 4 is 63.6 Å². The molecule has 0 radical (unpaired) electrons. The number of aryl methyl sites for hydroxylation is 6. The van der Waals surface area contributed by atoms with E-state index in [1.165, 1.54) is 27.4 Å². The fourth-order valence-corrected chi connectivity index (χ4v) is 6.34. The number of anilines is 2. The Morgan fingerprint density at radius 1 is 0.719 bits per heavy atom. The first-order valence-corrected chi connectivity index (χ1v) is 17.6. The molecule has 4 amide bonds. The molecule has 0 saturated heterocycles. The van der Waals surface area contributed by atoms with Crippen molar-refractivity contribution < 1.29 is 41.9 Å². The highest BCUT2D eigenvalue weighted by atomic mass is 19.4. The van der Waals surface area contributed by atoms with Gasteiger partial charge in [0.25, 0.3) is 11.8 Å². The highest BCUT2D eigenvalue weighted by Crippen LogP contribution is 2.33. The number of alkyl halides is 3. The van der Waals surface area contributed by atoms with Gasteiger partial charge in [-0.05, 0) is 83.0 Å². The number of unbranched alkanes of at least 4 members (excludes halogenated alkanes) is 1. The van der Waals surface area contributed by atoms with Gasteiger partial charge in [-0.25, -0.2) is 14.8 Å². The number of ether oxygens (including phenoxy) is 1. The Kier molecular flexibility index (Phi) is 10.8. The Morgan fingerprint density at radius 3 is 1.75 bits per heavy atom. The van der Waals surface area contributed by atoms with Crippen LogP contribution in [0.2, 0.25) is 0 Å². The molecule has 2 aromatic carbocycles. The van der Waals surface area contributed by atoms with Gasteiger partial charge in [0.05, 0.1) is 27.9 Å². The molecule has 18 nitrogen and oxygen atoms in total. The van der Waals surface area contributed by atoms with E-state index in [4.69, 9.17) is 16.2 Å². The lowest BCUT2D eigenvalue weighted by molar-refractivity contribution is -0.189. The van der Waals surface area contributed by atoms with Crippen molar-refractivity contribution in [3.05, 3.63) is 76.4 Å². The molecule has 4 heterocycles. The number of hydrogen-bond donors (Lipinski definition) is 4. The number of nitrogens with two attached hydrogens (primary N) is 2. The lowest BCUT2D eigenvalue weighted by Crippen LogP contribution is -2.28. The predicted molar refractivity (Wildman–Crippen MR) is 199 cm³/mol. The van der Waals surface area contributed by atoms with Crippen LogP contribution in [0.3, 0.4) is 0 Å². The van der Waals surface area contributed by atoms with E-state index in [0.717, 1.165) is 6.07 Å². The maximum atomic E-state index is 13.5. The van der Waals surface area contributed by atoms with E-state index in [2.05, 4.69) is 30.8 Å². The summed E-state index contributed by atoms with van der Waals surface area (Å²) in [5.74, 6) is -6.02. The second kappa shape index (κ2) is 15.6. The molecule has 6 aromatic rings. The van der Waals surface area contributed by atoms with Gasteiger partial charge >= 0.3 is 12.1 Å². The number of carbonyl (C=O) groups is 5. The molecule has 0 atom stereocenters. The zero-order chi connectivity index (χ0) is 41.3. The Bertz CT molecular complexity index is 2580. The summed E-state index contributed by atoms with van der Waals surface area (Å²) in [5.41, 5.74) is 13.2. The molecule has 0 unspecified atom stereocenters. The zero-order valence-electron chi connectivity index (χ0n) is 31.1. The fraction of sp³-hybridized carbons (Fsp3) is 0.306. The van der Waals surface area contributed by atoms with Crippen LogP contribution in [0.25, 0.3) is 22.1 Å². The molecule has 0 aliphatic heterocycles. The van der Waals surface area contributed by atoms with Crippen LogP contribution in [-0.4, -0.2) is 74.4 Å². The Morgan fingerprint density at radius 2 is 1.23 bits per heavy atom. The first-order chi connectivity index (χ1) is 27.0. The third-order valence-corrected chi connectivity index (χ3v) is 8.89. The molecule has 0 aliphatic carbocycles. The first kappa shape index (κ1) is 39.6. The molecule has 0 fully saturated rings. The van der Waals surface area contributed by atoms with Crippen molar-refractivity contribution in [2.45, 2.75) is 72.9 Å². The number of fused-ring (bicyclic) bond motifs is 2. The minimum absolute atomic E-state index is 0.0141. The van der Waals surface area contributed by atoms with Crippen molar-refractivity contribution in [2.75, 3.05) is 10.6 Å². The SMILES string of the molecule is CCn1nc(C)cc1C(=O)Nc1nc2cc(C(N)=O)ccc2n1CCCCn1c(NC(=O)c2cc(C)nn2CC)nc2cc(C(N)=O)cc(OC(=O)C(F)(F)F)c21. The molecular formula is C36H37F3N12O6. The molecule has 0 aliphatic rings. The van der Waals surface area contributed by atoms with Crippen LogP contribution in [0.15, 0.2) is 42.5 Å². The third-order valence-electron chi connectivity index (χ3n) is 8.89. The molecule has 6 rings (SSSR count). The zero-order valence-corrected chi connectivity index (χ0v) is 31.1. The summed E-state index contributed by atoms with van der Waals surface area (Å²) in [6.07, 6.45) is -4.79. The third kappa shape index (κ3) is 8.16. The molecule has 6 N–H and O–H groups in total. The summed E-state index contributed by atoms with van der Waals surface area (Å²) < 4.78 is 51.1. The van der Waals surface area contributed by atoms with E-state index < -0.39 is 41.5 Å². The minimum atomic E-state index is -5.39. The average molecular weight is 791 g/mol. The smallest absolute Gasteiger partial charge is 0.418 e. The Balaban J connectivity index is 1.36. The van der Waals surface area contributed by atoms with Crippen molar-refractivity contribution in [2.24, 2.45) is 11.5 Å². The minimum Gasteiger partial charge on any atom is -0.418 e. The van der Waals surface area contributed by atoms with Crippen molar-refractivity contribution in [1.82, 2.24) is 38.7 Å². The van der Waals surface area contributed by atoms with E-state index in [0.29, 0.717) is 47.6 Å². The van der Waals surface area contributed by atoms with Gasteiger partial charge in [0, 0.05) is 37.3 Å². The van der Waals surface area contributed by atoms with Crippen LogP contribution in [0.4, 0.5) is 25.1 Å². The highest BCUT2D eigenvalue weighted by Gasteiger charge is 2.42. The number of benzene rings is 2. The summed E-state index contributed by atoms with van der Waals surface area (Å²) >= 11 is 0. The maximum absolute atomic E-state index is 13.5. The van der Waals surface area contributed by atoms with Gasteiger partial charge in [-0.15, -0.1) is 0 Å². The molecule has 4 aromatic heterocycles. The van der Waals surface area contributed by atoms with Gasteiger partial charge in [0.1, 0.15) is 16.9 Å². The van der Waals surface area contributed by atoms with Crippen molar-refractivity contribution in [3.8, 4) is 5.75 Å². The van der Waals surface area contributed by atoms with E-state index in [9.17, 15) is 37.1 Å². The molecule has 298 valence electrons. The number of hydrogen-bond acceptors (Lipinski definition) is 10. The molecule has 21 heteroatoms. The number of imidazole rings is 2. The van der Waals surface area contributed by atoms with Gasteiger partial charge in [0.2, 0.25) is 23.7 Å². The standard InChI is InChI=1S/C36H37F3N12O6/c1-5-50-25(13-18(3)46-50)31(54)44-34-42-22-15-20(29(40)52)9-10-24(22)48(34)11-7-8-12-49-28-23(16-21(30(41)53)17-27(28)57-33(56)36(37,38)39)43-35(49)45-32(55)26-14-19(4)47-51(26)6-2/h9-10,13-17H,5-8,11-12H2,1-4H3,(H2,40,52)(H2,41,53)(H,42,44,54)(H,43,45,55). The predicted octanol–water partition coefficient (Wildman–Crippen LogP) is 4.09. The van der Waals surface area contributed by atoms with Crippen LogP contribution in [0, 0.1) is 13.8 Å². The summed E-state index contributed by atoms with van der Waals surface area (Å²) in [6, 6.07) is 9.92. The van der Waals surface area contributed by atoms with Crippen LogP contribution < -0.4 is 26.8 Å². The second-order valence-corrected chi connectivity index (χ2v) is 12.9. The van der Waals surface area contributed by atoms with Gasteiger partial charge < -0.3 is 25.3 Å². The number of aromatic nitrogens is 8. The number of rotatable bonds is 14. The molecule has 0 saturated carbocycles. The highest BCUT2D eigenvalue weighted by molar-refractivity contribution is 6.05. The maximum Gasteiger partial charge on any atom is 0.491 e. The Hall–Kier alpha value is -7.06. The van der Waals surface area contributed by atoms with E-state index in [1.54, 1.807) is 48.2 Å². The quantitative estimate of drug-likeness (QED) is 0.0700. The van der Waals surface area contributed by atoms with Crippen LogP contribution in [0.5, 0.6) is 5.75 Å². The van der Waals surface area contributed by atoms with Gasteiger partial charge in [-0.3, -0.25) is 39.2 Å². The van der Waals surface area contributed by atoms with E-state index in [1.807, 2.05) is 6.92 Å². The largest absolute Gasteiger partial charge is 0.491 e. The van der Waals surface area contributed by atoms with Crippen LogP contribution in [0.1, 0.15) is 79.8 Å². The molecular weight excluding hydrogens is 753 g/mol. The number of nitrogens with zero attached hydrogens (tertiary/aromatic N) is 8. The van der Waals surface area contributed by atoms with Crippen molar-refractivity contribution in [1.29, 1.82) is 0 Å². The Labute approximate surface area is 320 Å².